The van der Waals surface area contributed by atoms with Gasteiger partial charge in [-0.25, -0.2) is 0 Å². The van der Waals surface area contributed by atoms with E-state index in [1.54, 1.807) is 0 Å². The Bertz CT molecular complexity index is 606. The fourth-order valence-corrected chi connectivity index (χ4v) is 3.85. The third kappa shape index (κ3) is 3.94. The second kappa shape index (κ2) is 6.91. The van der Waals surface area contributed by atoms with Crippen LogP contribution >= 0.6 is 0 Å². The number of benzene rings is 1. The molecule has 0 aromatic heterocycles. The van der Waals surface area contributed by atoms with E-state index in [0.717, 1.165) is 51.0 Å². The Balaban J connectivity index is 1.50. The third-order valence-electron chi connectivity index (χ3n) is 5.36. The zero-order valence-electron chi connectivity index (χ0n) is 13.7. The van der Waals surface area contributed by atoms with Crippen molar-refractivity contribution in [3.05, 3.63) is 35.4 Å². The number of aliphatic carboxylic acids is 2. The number of piperidine rings is 1. The summed E-state index contributed by atoms with van der Waals surface area (Å²) in [5, 5.41) is 21.1. The Morgan fingerprint density at radius 2 is 1.75 bits per heavy atom. The zero-order chi connectivity index (χ0) is 17.2. The van der Waals surface area contributed by atoms with Crippen LogP contribution in [-0.2, 0) is 22.6 Å². The molecule has 2 aliphatic heterocycles. The maximum absolute atomic E-state index is 11.1. The molecule has 1 aromatic carbocycles. The van der Waals surface area contributed by atoms with Gasteiger partial charge in [-0.3, -0.25) is 14.5 Å². The standard InChI is InChI=1S/C18H24N2O4/c21-16(22)9-13-1-3-14(4-2-13)11-20-7-5-18(6-8-20)10-15(17(23)24)19-12-18/h1-4,15,19H,5-12H2,(H,21,22)(H,23,24)/t15-/m1/s1. The average Bonchev–Trinajstić information content (AvgIpc) is 2.96. The number of carboxylic acid groups (broad SMARTS) is 2. The molecule has 0 amide bonds. The first kappa shape index (κ1) is 16.9. The van der Waals surface area contributed by atoms with Crippen LogP contribution in [0.3, 0.4) is 0 Å². The van der Waals surface area contributed by atoms with Gasteiger partial charge in [0.05, 0.1) is 6.42 Å². The van der Waals surface area contributed by atoms with Crippen molar-refractivity contribution in [3.8, 4) is 0 Å². The fraction of sp³-hybridized carbons (Fsp3) is 0.556. The molecule has 1 aromatic rings. The summed E-state index contributed by atoms with van der Waals surface area (Å²) < 4.78 is 0. The Morgan fingerprint density at radius 3 is 2.29 bits per heavy atom. The van der Waals surface area contributed by atoms with Gasteiger partial charge in [0.1, 0.15) is 6.04 Å². The largest absolute Gasteiger partial charge is 0.481 e. The van der Waals surface area contributed by atoms with Gasteiger partial charge >= 0.3 is 11.9 Å². The highest BCUT2D eigenvalue weighted by Gasteiger charge is 2.43. The Morgan fingerprint density at radius 1 is 1.12 bits per heavy atom. The van der Waals surface area contributed by atoms with E-state index in [-0.39, 0.29) is 11.8 Å². The van der Waals surface area contributed by atoms with Gasteiger partial charge in [-0.2, -0.15) is 0 Å². The van der Waals surface area contributed by atoms with Crippen molar-refractivity contribution in [1.82, 2.24) is 10.2 Å². The summed E-state index contributed by atoms with van der Waals surface area (Å²) in [6.45, 7) is 3.62. The lowest BCUT2D eigenvalue weighted by atomic mass is 9.76. The molecule has 3 rings (SSSR count). The van der Waals surface area contributed by atoms with Gasteiger partial charge in [0.15, 0.2) is 0 Å². The molecule has 0 radical (unpaired) electrons. The number of nitrogens with zero attached hydrogens (tertiary/aromatic N) is 1. The first-order valence-corrected chi connectivity index (χ1v) is 8.44. The van der Waals surface area contributed by atoms with E-state index >= 15 is 0 Å². The van der Waals surface area contributed by atoms with E-state index in [9.17, 15) is 9.59 Å². The van der Waals surface area contributed by atoms with Crippen LogP contribution in [0.25, 0.3) is 0 Å². The molecular weight excluding hydrogens is 308 g/mol. The number of nitrogens with one attached hydrogen (secondary N) is 1. The number of hydrogen-bond acceptors (Lipinski definition) is 4. The summed E-state index contributed by atoms with van der Waals surface area (Å²) in [5.41, 5.74) is 2.15. The van der Waals surface area contributed by atoms with E-state index in [1.165, 1.54) is 5.56 Å². The molecule has 0 unspecified atom stereocenters. The zero-order valence-corrected chi connectivity index (χ0v) is 13.7. The number of carboxylic acids is 2. The minimum absolute atomic E-state index is 0.0598. The van der Waals surface area contributed by atoms with Crippen LogP contribution in [0.2, 0.25) is 0 Å². The highest BCUT2D eigenvalue weighted by Crippen LogP contribution is 2.39. The molecule has 6 nitrogen and oxygen atoms in total. The van der Waals surface area contributed by atoms with E-state index in [0.29, 0.717) is 0 Å². The monoisotopic (exact) mass is 332 g/mol. The minimum atomic E-state index is -0.811. The Hall–Kier alpha value is -1.92. The highest BCUT2D eigenvalue weighted by atomic mass is 16.4. The van der Waals surface area contributed by atoms with Crippen LogP contribution in [0, 0.1) is 5.41 Å². The van der Waals surface area contributed by atoms with Crippen LogP contribution in [-0.4, -0.2) is 52.7 Å². The van der Waals surface area contributed by atoms with Crippen molar-refractivity contribution < 1.29 is 19.8 Å². The smallest absolute Gasteiger partial charge is 0.320 e. The molecule has 2 fully saturated rings. The fourth-order valence-electron chi connectivity index (χ4n) is 3.85. The van der Waals surface area contributed by atoms with Crippen molar-refractivity contribution in [1.29, 1.82) is 0 Å². The molecule has 6 heteroatoms. The van der Waals surface area contributed by atoms with Gasteiger partial charge in [0.25, 0.3) is 0 Å². The van der Waals surface area contributed by atoms with Gasteiger partial charge in [0, 0.05) is 13.1 Å². The molecule has 24 heavy (non-hydrogen) atoms. The van der Waals surface area contributed by atoms with Crippen LogP contribution in [0.1, 0.15) is 30.4 Å². The summed E-state index contributed by atoms with van der Waals surface area (Å²) in [6, 6.07) is 7.37. The van der Waals surface area contributed by atoms with Crippen molar-refractivity contribution >= 4 is 11.9 Å². The number of hydrogen-bond donors (Lipinski definition) is 3. The maximum atomic E-state index is 11.1. The molecule has 2 heterocycles. The van der Waals surface area contributed by atoms with Crippen LogP contribution < -0.4 is 5.32 Å². The summed E-state index contributed by atoms with van der Waals surface area (Å²) in [4.78, 5) is 24.2. The van der Waals surface area contributed by atoms with Gasteiger partial charge in [-0.15, -0.1) is 0 Å². The second-order valence-corrected chi connectivity index (χ2v) is 7.14. The van der Waals surface area contributed by atoms with Gasteiger partial charge < -0.3 is 15.5 Å². The van der Waals surface area contributed by atoms with Crippen molar-refractivity contribution in [2.24, 2.45) is 5.41 Å². The normalized spacial score (nSPS) is 23.4. The predicted octanol–water partition coefficient (Wildman–Crippen LogP) is 1.34. The quantitative estimate of drug-likeness (QED) is 0.754. The number of likely N-dealkylation sites (tertiary alicyclic amines) is 1. The van der Waals surface area contributed by atoms with Crippen molar-refractivity contribution in [2.45, 2.75) is 38.3 Å². The average molecular weight is 332 g/mol. The van der Waals surface area contributed by atoms with Gasteiger partial charge in [-0.05, 0) is 48.9 Å². The van der Waals surface area contributed by atoms with E-state index < -0.39 is 18.0 Å². The SMILES string of the molecule is O=C(O)Cc1ccc(CN2CCC3(CC2)CN[C@@H](C(=O)O)C3)cc1. The number of carbonyl (C=O) groups is 2. The molecule has 3 N–H and O–H groups in total. The molecular formula is C18H24N2O4. The molecule has 2 saturated heterocycles. The lowest BCUT2D eigenvalue weighted by Crippen LogP contribution is -2.40. The molecule has 0 saturated carbocycles. The Labute approximate surface area is 141 Å². The van der Waals surface area contributed by atoms with Crippen LogP contribution in [0.4, 0.5) is 0 Å². The second-order valence-electron chi connectivity index (χ2n) is 7.14. The molecule has 130 valence electrons. The highest BCUT2D eigenvalue weighted by molar-refractivity contribution is 5.74. The first-order chi connectivity index (χ1) is 11.5. The summed E-state index contributed by atoms with van der Waals surface area (Å²) in [5.74, 6) is -1.55. The summed E-state index contributed by atoms with van der Waals surface area (Å²) in [7, 11) is 0. The topological polar surface area (TPSA) is 89.9 Å². The van der Waals surface area contributed by atoms with E-state index in [4.69, 9.17) is 10.2 Å². The third-order valence-corrected chi connectivity index (χ3v) is 5.36. The molecule has 2 aliphatic rings. The lowest BCUT2D eigenvalue weighted by Gasteiger charge is -2.39. The Kier molecular flexibility index (Phi) is 4.87. The van der Waals surface area contributed by atoms with Gasteiger partial charge in [-0.1, -0.05) is 24.3 Å². The van der Waals surface area contributed by atoms with Crippen molar-refractivity contribution in [3.63, 3.8) is 0 Å². The lowest BCUT2D eigenvalue weighted by molar-refractivity contribution is -0.139. The summed E-state index contributed by atoms with van der Waals surface area (Å²) in [6.07, 6.45) is 2.85. The first-order valence-electron chi connectivity index (χ1n) is 8.44. The minimum Gasteiger partial charge on any atom is -0.481 e. The molecule has 0 aliphatic carbocycles. The van der Waals surface area contributed by atoms with E-state index in [2.05, 4.69) is 10.2 Å². The van der Waals surface area contributed by atoms with Crippen molar-refractivity contribution in [2.75, 3.05) is 19.6 Å². The molecule has 1 atom stereocenters. The maximum Gasteiger partial charge on any atom is 0.320 e. The van der Waals surface area contributed by atoms with Crippen LogP contribution in [0.5, 0.6) is 0 Å². The van der Waals surface area contributed by atoms with Crippen LogP contribution in [0.15, 0.2) is 24.3 Å². The number of rotatable bonds is 5. The molecule has 0 bridgehead atoms. The summed E-state index contributed by atoms with van der Waals surface area (Å²) >= 11 is 0. The van der Waals surface area contributed by atoms with Gasteiger partial charge in [0.2, 0.25) is 0 Å². The predicted molar refractivity (Wildman–Crippen MR) is 88.8 cm³/mol. The van der Waals surface area contributed by atoms with E-state index in [1.807, 2.05) is 24.3 Å². The molecule has 1 spiro atoms.